The van der Waals surface area contributed by atoms with Crippen molar-refractivity contribution in [1.82, 2.24) is 5.32 Å². The van der Waals surface area contributed by atoms with Crippen LogP contribution >= 0.6 is 0 Å². The maximum absolute atomic E-state index is 10.5. The van der Waals surface area contributed by atoms with E-state index in [2.05, 4.69) is 22.2 Å². The molecule has 11 heavy (non-hydrogen) atoms. The first kappa shape index (κ1) is 7.35. The minimum atomic E-state index is -0.579. The molecule has 0 atom stereocenters. The second kappa shape index (κ2) is 2.88. The van der Waals surface area contributed by atoms with Crippen LogP contribution in [0, 0.1) is 11.8 Å². The maximum atomic E-state index is 10.5. The Labute approximate surface area is 64.2 Å². The molecule has 0 aromatic carbocycles. The van der Waals surface area contributed by atoms with Gasteiger partial charge >= 0.3 is 6.03 Å². The topological polar surface area (TPSA) is 69.5 Å². The highest BCUT2D eigenvalue weighted by molar-refractivity contribution is 6.08. The van der Waals surface area contributed by atoms with Crippen molar-refractivity contribution in [2.24, 2.45) is 10.7 Å². The van der Waals surface area contributed by atoms with Crippen LogP contribution in [0.4, 0.5) is 4.79 Å². The minimum absolute atomic E-state index is 0.138. The molecule has 4 nitrogen and oxygen atoms in total. The third-order valence-corrected chi connectivity index (χ3v) is 1.06. The van der Waals surface area contributed by atoms with E-state index in [9.17, 15) is 4.79 Å². The molecule has 1 radical (unpaired) electrons. The Bertz CT molecular complexity index is 303. The Morgan fingerprint density at radius 3 is 2.91 bits per heavy atom. The first-order chi connectivity index (χ1) is 5.24. The Morgan fingerprint density at radius 2 is 2.36 bits per heavy atom. The van der Waals surface area contributed by atoms with Crippen LogP contribution in [-0.4, -0.2) is 11.9 Å². The molecular weight excluding hydrogens is 142 g/mol. The van der Waals surface area contributed by atoms with Crippen LogP contribution in [0.1, 0.15) is 6.92 Å². The first-order valence-electron chi connectivity index (χ1n) is 2.96. The van der Waals surface area contributed by atoms with Crippen LogP contribution in [0.2, 0.25) is 0 Å². The zero-order valence-electron chi connectivity index (χ0n) is 5.96. The monoisotopic (exact) mass is 148 g/mol. The van der Waals surface area contributed by atoms with E-state index in [0.717, 1.165) is 0 Å². The van der Waals surface area contributed by atoms with Gasteiger partial charge in [0.1, 0.15) is 5.84 Å². The van der Waals surface area contributed by atoms with Gasteiger partial charge in [0.25, 0.3) is 0 Å². The van der Waals surface area contributed by atoms with Crippen LogP contribution in [0.25, 0.3) is 0 Å². The summed E-state index contributed by atoms with van der Waals surface area (Å²) in [6.45, 7) is 1.67. The van der Waals surface area contributed by atoms with Crippen molar-refractivity contribution < 1.29 is 4.79 Å². The number of amides is 2. The van der Waals surface area contributed by atoms with Gasteiger partial charge in [0.15, 0.2) is 0 Å². The smallest absolute Gasteiger partial charge is 0.369 e. The van der Waals surface area contributed by atoms with Crippen LogP contribution in [-0.2, 0) is 0 Å². The third kappa shape index (κ3) is 1.58. The van der Waals surface area contributed by atoms with Crippen LogP contribution in [0.15, 0.2) is 16.8 Å². The summed E-state index contributed by atoms with van der Waals surface area (Å²) in [5, 5.41) is 3.41. The van der Waals surface area contributed by atoms with E-state index >= 15 is 0 Å². The lowest BCUT2D eigenvalue weighted by molar-refractivity contribution is 0.251. The van der Waals surface area contributed by atoms with Crippen molar-refractivity contribution in [1.29, 1.82) is 0 Å². The van der Waals surface area contributed by atoms with E-state index in [0.29, 0.717) is 5.57 Å². The average molecular weight is 148 g/mol. The number of carbonyl (C=O) groups is 1. The lowest BCUT2D eigenvalue weighted by Gasteiger charge is -2.02. The Balaban J connectivity index is 2.91. The predicted molar refractivity (Wildman–Crippen MR) is 40.7 cm³/mol. The number of urea groups is 1. The van der Waals surface area contributed by atoms with Gasteiger partial charge in [-0.15, -0.1) is 5.92 Å². The zero-order valence-corrected chi connectivity index (χ0v) is 5.96. The molecule has 0 aliphatic carbocycles. The summed E-state index contributed by atoms with van der Waals surface area (Å²) in [7, 11) is 0. The Hall–Kier alpha value is -1.76. The summed E-state index contributed by atoms with van der Waals surface area (Å²) in [6, 6.07) is -0.579. The molecule has 1 heterocycles. The SMILES string of the molecule is CC#CC1=C[N]C(=O)N=C1N. The van der Waals surface area contributed by atoms with Gasteiger partial charge in [0, 0.05) is 0 Å². The van der Waals surface area contributed by atoms with Crippen molar-refractivity contribution in [3.05, 3.63) is 11.8 Å². The fourth-order valence-electron chi connectivity index (χ4n) is 0.609. The summed E-state index contributed by atoms with van der Waals surface area (Å²) in [5.41, 5.74) is 5.85. The zero-order chi connectivity index (χ0) is 8.27. The molecule has 0 aromatic heterocycles. The predicted octanol–water partition coefficient (Wildman–Crippen LogP) is -0.0112. The molecule has 2 amide bonds. The number of amidine groups is 1. The molecular formula is C7H6N3O. The van der Waals surface area contributed by atoms with Crippen molar-refractivity contribution in [3.8, 4) is 11.8 Å². The molecule has 4 heteroatoms. The standard InChI is InChI=1S/C7H6N3O/c1-2-3-5-4-9-7(11)10-6(5)8/h4H,1H3,(H2,8,10,11). The average Bonchev–Trinajstić information content (AvgIpc) is 1.95. The van der Waals surface area contributed by atoms with Crippen molar-refractivity contribution in [3.63, 3.8) is 0 Å². The van der Waals surface area contributed by atoms with Crippen LogP contribution in [0.3, 0.4) is 0 Å². The van der Waals surface area contributed by atoms with Gasteiger partial charge in [-0.05, 0) is 6.92 Å². The summed E-state index contributed by atoms with van der Waals surface area (Å²) in [5.74, 6) is 5.43. The van der Waals surface area contributed by atoms with Gasteiger partial charge in [-0.2, -0.15) is 10.3 Å². The van der Waals surface area contributed by atoms with Gasteiger partial charge in [-0.1, -0.05) is 5.92 Å². The van der Waals surface area contributed by atoms with Gasteiger partial charge in [-0.3, -0.25) is 0 Å². The molecule has 0 fully saturated rings. The van der Waals surface area contributed by atoms with Gasteiger partial charge in [0.2, 0.25) is 0 Å². The largest absolute Gasteiger partial charge is 0.382 e. The van der Waals surface area contributed by atoms with Crippen molar-refractivity contribution in [2.45, 2.75) is 6.92 Å². The number of nitrogens with zero attached hydrogens (tertiary/aromatic N) is 2. The Morgan fingerprint density at radius 1 is 1.64 bits per heavy atom. The fraction of sp³-hybridized carbons (Fsp3) is 0.143. The number of hydrogen-bond donors (Lipinski definition) is 1. The van der Waals surface area contributed by atoms with Crippen molar-refractivity contribution >= 4 is 11.9 Å². The molecule has 0 aromatic rings. The molecule has 1 rings (SSSR count). The lowest BCUT2D eigenvalue weighted by atomic mass is 10.2. The number of rotatable bonds is 0. The second-order valence-electron chi connectivity index (χ2n) is 1.83. The van der Waals surface area contributed by atoms with E-state index < -0.39 is 6.03 Å². The molecule has 1 aliphatic heterocycles. The van der Waals surface area contributed by atoms with Gasteiger partial charge < -0.3 is 5.73 Å². The lowest BCUT2D eigenvalue weighted by Crippen LogP contribution is -2.23. The van der Waals surface area contributed by atoms with E-state index in [-0.39, 0.29) is 5.84 Å². The normalized spacial score (nSPS) is 15.5. The highest BCUT2D eigenvalue weighted by Gasteiger charge is 2.10. The summed E-state index contributed by atoms with van der Waals surface area (Å²) in [4.78, 5) is 13.9. The number of nitrogens with two attached hydrogens (primary N) is 1. The summed E-state index contributed by atoms with van der Waals surface area (Å²) in [6.07, 6.45) is 1.32. The molecule has 1 aliphatic rings. The molecule has 0 bridgehead atoms. The molecule has 0 spiro atoms. The van der Waals surface area contributed by atoms with Gasteiger partial charge in [-0.25, -0.2) is 4.79 Å². The minimum Gasteiger partial charge on any atom is -0.382 e. The Kier molecular flexibility index (Phi) is 1.93. The van der Waals surface area contributed by atoms with E-state index in [1.165, 1.54) is 6.20 Å². The van der Waals surface area contributed by atoms with Crippen LogP contribution in [0.5, 0.6) is 0 Å². The number of hydrogen-bond acceptors (Lipinski definition) is 2. The van der Waals surface area contributed by atoms with Gasteiger partial charge in [0.05, 0.1) is 11.8 Å². The molecule has 0 saturated carbocycles. The fourth-order valence-corrected chi connectivity index (χ4v) is 0.609. The van der Waals surface area contributed by atoms with Crippen LogP contribution < -0.4 is 11.1 Å². The van der Waals surface area contributed by atoms with E-state index in [4.69, 9.17) is 5.73 Å². The van der Waals surface area contributed by atoms with E-state index in [1.807, 2.05) is 0 Å². The highest BCUT2D eigenvalue weighted by atomic mass is 16.2. The van der Waals surface area contributed by atoms with E-state index in [1.54, 1.807) is 6.92 Å². The highest BCUT2D eigenvalue weighted by Crippen LogP contribution is 1.98. The summed E-state index contributed by atoms with van der Waals surface area (Å²) >= 11 is 0. The number of aliphatic imine (C=N–C) groups is 1. The van der Waals surface area contributed by atoms with Crippen molar-refractivity contribution in [2.75, 3.05) is 0 Å². The third-order valence-electron chi connectivity index (χ3n) is 1.06. The maximum Gasteiger partial charge on any atom is 0.369 e. The second-order valence-corrected chi connectivity index (χ2v) is 1.83. The molecule has 55 valence electrons. The number of carbonyl (C=O) groups excluding carboxylic acids is 1. The first-order valence-corrected chi connectivity index (χ1v) is 2.96. The molecule has 2 N–H and O–H groups in total. The quantitative estimate of drug-likeness (QED) is 0.491. The molecule has 0 unspecified atom stereocenters. The summed E-state index contributed by atoms with van der Waals surface area (Å²) < 4.78 is 0. The molecule has 0 saturated heterocycles.